The molecule has 1 heterocycles. The minimum atomic E-state index is -0.214. The zero-order valence-corrected chi connectivity index (χ0v) is 25.1. The number of carbonyl (C=O) groups is 2. The third-order valence-electron chi connectivity index (χ3n) is 7.55. The van der Waals surface area contributed by atoms with Crippen molar-refractivity contribution in [3.63, 3.8) is 0 Å². The second kappa shape index (κ2) is 15.8. The van der Waals surface area contributed by atoms with Crippen molar-refractivity contribution in [3.8, 4) is 17.2 Å². The average molecular weight is 573 g/mol. The van der Waals surface area contributed by atoms with Gasteiger partial charge in [0.25, 0.3) is 5.91 Å². The van der Waals surface area contributed by atoms with Gasteiger partial charge in [0, 0.05) is 29.5 Å². The maximum atomic E-state index is 12.8. The molecule has 42 heavy (non-hydrogen) atoms. The average Bonchev–Trinajstić information content (AvgIpc) is 3.01. The Kier molecular flexibility index (Phi) is 11.6. The number of ether oxygens (including phenoxy) is 2. The van der Waals surface area contributed by atoms with Crippen LogP contribution in [0.15, 0.2) is 66.7 Å². The van der Waals surface area contributed by atoms with Gasteiger partial charge in [-0.3, -0.25) is 4.79 Å². The number of urea groups is 1. The monoisotopic (exact) mass is 572 g/mol. The molecule has 1 aliphatic rings. The van der Waals surface area contributed by atoms with Crippen molar-refractivity contribution >= 4 is 23.3 Å². The molecule has 1 fully saturated rings. The fourth-order valence-electron chi connectivity index (χ4n) is 4.99. The van der Waals surface area contributed by atoms with E-state index in [0.717, 1.165) is 37.1 Å². The van der Waals surface area contributed by atoms with Crippen LogP contribution in [-0.2, 0) is 0 Å². The normalized spacial score (nSPS) is 13.4. The number of anilines is 2. The summed E-state index contributed by atoms with van der Waals surface area (Å²) in [4.78, 5) is 27.5. The highest BCUT2D eigenvalue weighted by Crippen LogP contribution is 2.28. The number of amides is 3. The number of likely N-dealkylation sites (tertiary alicyclic amines) is 1. The minimum absolute atomic E-state index is 0.160. The lowest BCUT2D eigenvalue weighted by atomic mass is 10.1. The summed E-state index contributed by atoms with van der Waals surface area (Å²) < 4.78 is 11.9. The predicted molar refractivity (Wildman–Crippen MR) is 169 cm³/mol. The summed E-state index contributed by atoms with van der Waals surface area (Å²) >= 11 is 0. The molecule has 3 aromatic rings. The Labute approximate surface area is 249 Å². The lowest BCUT2D eigenvalue weighted by Gasteiger charge is -2.26. The number of piperidine rings is 1. The van der Waals surface area contributed by atoms with E-state index in [9.17, 15) is 9.59 Å². The zero-order chi connectivity index (χ0) is 29.7. The predicted octanol–water partition coefficient (Wildman–Crippen LogP) is 7.60. The molecule has 3 aromatic carbocycles. The van der Waals surface area contributed by atoms with Crippen molar-refractivity contribution in [3.05, 3.63) is 77.9 Å². The van der Waals surface area contributed by atoms with Gasteiger partial charge in [0.15, 0.2) is 0 Å². The summed E-state index contributed by atoms with van der Waals surface area (Å²) in [5.41, 5.74) is 2.82. The first-order valence-electron chi connectivity index (χ1n) is 15.2. The van der Waals surface area contributed by atoms with Crippen molar-refractivity contribution < 1.29 is 19.1 Å². The first-order valence-corrected chi connectivity index (χ1v) is 15.2. The Morgan fingerprint density at radius 3 is 2.17 bits per heavy atom. The van der Waals surface area contributed by atoms with Crippen molar-refractivity contribution in [2.24, 2.45) is 0 Å². The van der Waals surface area contributed by atoms with Gasteiger partial charge < -0.3 is 30.3 Å². The number of aryl methyl sites for hydroxylation is 1. The van der Waals surface area contributed by atoms with Crippen molar-refractivity contribution in [2.45, 2.75) is 65.3 Å². The molecule has 8 heteroatoms. The number of hydrogen-bond acceptors (Lipinski definition) is 5. The smallest absolute Gasteiger partial charge is 0.319 e. The SMILES string of the molecule is CCC(CC)NC(=O)Nc1ccc(Oc2ccc(NC(=O)c3ccc(OCCCN4CCCCC4)cc3)cc2C)cc1. The molecule has 0 unspecified atom stereocenters. The van der Waals surface area contributed by atoms with E-state index in [1.807, 2.05) is 49.4 Å². The van der Waals surface area contributed by atoms with Gasteiger partial charge in [-0.15, -0.1) is 0 Å². The standard InChI is InChI=1S/C34H44N4O4/c1-4-27(5-2)36-34(40)37-28-12-17-31(18-13-28)42-32-19-14-29(24-25(32)3)35-33(39)26-10-15-30(16-11-26)41-23-9-22-38-20-7-6-8-21-38/h10-19,24,27H,4-9,20-23H2,1-3H3,(H,35,39)(H2,36,37,40). The van der Waals surface area contributed by atoms with E-state index in [-0.39, 0.29) is 18.0 Å². The summed E-state index contributed by atoms with van der Waals surface area (Å²) in [6.07, 6.45) is 6.73. The van der Waals surface area contributed by atoms with Gasteiger partial charge in [-0.2, -0.15) is 0 Å². The van der Waals surface area contributed by atoms with E-state index in [1.54, 1.807) is 24.3 Å². The fraction of sp³-hybridized carbons (Fsp3) is 0.412. The molecular weight excluding hydrogens is 528 g/mol. The third kappa shape index (κ3) is 9.52. The molecular formula is C34H44N4O4. The summed E-state index contributed by atoms with van der Waals surface area (Å²) in [7, 11) is 0. The maximum Gasteiger partial charge on any atom is 0.319 e. The van der Waals surface area contributed by atoms with Gasteiger partial charge in [0.05, 0.1) is 6.61 Å². The van der Waals surface area contributed by atoms with Crippen LogP contribution in [0.1, 0.15) is 68.3 Å². The highest BCUT2D eigenvalue weighted by molar-refractivity contribution is 6.04. The van der Waals surface area contributed by atoms with E-state index in [1.165, 1.54) is 32.4 Å². The van der Waals surface area contributed by atoms with E-state index in [4.69, 9.17) is 9.47 Å². The topological polar surface area (TPSA) is 91.9 Å². The Balaban J connectivity index is 1.23. The van der Waals surface area contributed by atoms with Crippen LogP contribution < -0.4 is 25.4 Å². The molecule has 8 nitrogen and oxygen atoms in total. The van der Waals surface area contributed by atoms with Crippen molar-refractivity contribution in [1.29, 1.82) is 0 Å². The van der Waals surface area contributed by atoms with Gasteiger partial charge in [-0.25, -0.2) is 4.79 Å². The maximum absolute atomic E-state index is 12.8. The quantitative estimate of drug-likeness (QED) is 0.183. The van der Waals surface area contributed by atoms with Gasteiger partial charge in [0.1, 0.15) is 17.2 Å². The molecule has 0 saturated carbocycles. The number of carbonyl (C=O) groups excluding carboxylic acids is 2. The van der Waals surface area contributed by atoms with Crippen LogP contribution in [0, 0.1) is 6.92 Å². The van der Waals surface area contributed by atoms with Gasteiger partial charge in [-0.1, -0.05) is 20.3 Å². The second-order valence-corrected chi connectivity index (χ2v) is 10.8. The highest BCUT2D eigenvalue weighted by Gasteiger charge is 2.12. The number of hydrogen-bond donors (Lipinski definition) is 3. The Bertz CT molecular complexity index is 1280. The van der Waals surface area contributed by atoms with E-state index >= 15 is 0 Å². The van der Waals surface area contributed by atoms with E-state index < -0.39 is 0 Å². The molecule has 4 rings (SSSR count). The number of benzene rings is 3. The summed E-state index contributed by atoms with van der Waals surface area (Å²) in [6.45, 7) is 10.2. The number of nitrogens with zero attached hydrogens (tertiary/aromatic N) is 1. The largest absolute Gasteiger partial charge is 0.494 e. The van der Waals surface area contributed by atoms with Crippen LogP contribution in [0.3, 0.4) is 0 Å². The van der Waals surface area contributed by atoms with Gasteiger partial charge in [0.2, 0.25) is 0 Å². The molecule has 0 atom stereocenters. The lowest BCUT2D eigenvalue weighted by Crippen LogP contribution is -2.37. The second-order valence-electron chi connectivity index (χ2n) is 10.8. The van der Waals surface area contributed by atoms with Crippen LogP contribution >= 0.6 is 0 Å². The molecule has 1 saturated heterocycles. The molecule has 3 N–H and O–H groups in total. The number of nitrogens with one attached hydrogen (secondary N) is 3. The highest BCUT2D eigenvalue weighted by atomic mass is 16.5. The molecule has 0 aromatic heterocycles. The first kappa shape index (κ1) is 30.9. The third-order valence-corrected chi connectivity index (χ3v) is 7.55. The number of rotatable bonds is 13. The van der Waals surface area contributed by atoms with E-state index in [0.29, 0.717) is 35.0 Å². The van der Waals surface area contributed by atoms with Crippen LogP contribution in [0.4, 0.5) is 16.2 Å². The summed E-state index contributed by atoms with van der Waals surface area (Å²) in [6, 6.07) is 20.0. The van der Waals surface area contributed by atoms with Crippen LogP contribution in [0.5, 0.6) is 17.2 Å². The lowest BCUT2D eigenvalue weighted by molar-refractivity contribution is 0.102. The summed E-state index contributed by atoms with van der Waals surface area (Å²) in [5, 5.41) is 8.77. The Morgan fingerprint density at radius 1 is 0.833 bits per heavy atom. The van der Waals surface area contributed by atoms with E-state index in [2.05, 4.69) is 34.7 Å². The van der Waals surface area contributed by atoms with Gasteiger partial charge >= 0.3 is 6.03 Å². The summed E-state index contributed by atoms with van der Waals surface area (Å²) in [5.74, 6) is 1.92. The molecule has 3 amide bonds. The van der Waals surface area contributed by atoms with Crippen LogP contribution in [-0.4, -0.2) is 49.1 Å². The van der Waals surface area contributed by atoms with Crippen LogP contribution in [0.25, 0.3) is 0 Å². The van der Waals surface area contributed by atoms with Crippen LogP contribution in [0.2, 0.25) is 0 Å². The first-order chi connectivity index (χ1) is 20.4. The molecule has 0 spiro atoms. The fourth-order valence-corrected chi connectivity index (χ4v) is 4.99. The Hall–Kier alpha value is -4.04. The zero-order valence-electron chi connectivity index (χ0n) is 25.1. The molecule has 1 aliphatic heterocycles. The van der Waals surface area contributed by atoms with Crippen molar-refractivity contribution in [1.82, 2.24) is 10.2 Å². The molecule has 0 radical (unpaired) electrons. The Morgan fingerprint density at radius 2 is 1.50 bits per heavy atom. The van der Waals surface area contributed by atoms with Crippen molar-refractivity contribution in [2.75, 3.05) is 36.9 Å². The molecule has 224 valence electrons. The van der Waals surface area contributed by atoms with Gasteiger partial charge in [-0.05, 0) is 124 Å². The molecule has 0 bridgehead atoms. The molecule has 0 aliphatic carbocycles. The minimum Gasteiger partial charge on any atom is -0.494 e.